The van der Waals surface area contributed by atoms with Crippen LogP contribution in [0, 0.1) is 5.82 Å². The molecule has 0 radical (unpaired) electrons. The number of hydrogen-bond acceptors (Lipinski definition) is 2. The lowest BCUT2D eigenvalue weighted by atomic mass is 9.99. The van der Waals surface area contributed by atoms with E-state index in [2.05, 4.69) is 10.6 Å². The maximum atomic E-state index is 13.5. The van der Waals surface area contributed by atoms with Crippen molar-refractivity contribution in [2.24, 2.45) is 0 Å². The molecule has 0 heterocycles. The lowest BCUT2D eigenvalue weighted by Crippen LogP contribution is -2.45. The summed E-state index contributed by atoms with van der Waals surface area (Å²) >= 11 is 5.79. The average Bonchev–Trinajstić information content (AvgIpc) is 2.31. The molecule has 3 N–H and O–H groups in total. The van der Waals surface area contributed by atoms with Crippen LogP contribution in [0.3, 0.4) is 0 Å². The minimum Gasteiger partial charge on any atom is -0.481 e. The van der Waals surface area contributed by atoms with Crippen LogP contribution in [0.25, 0.3) is 0 Å². The van der Waals surface area contributed by atoms with Gasteiger partial charge in [-0.25, -0.2) is 9.18 Å². The van der Waals surface area contributed by atoms with Crippen LogP contribution in [-0.2, 0) is 4.79 Å². The molecule has 1 aromatic carbocycles. The van der Waals surface area contributed by atoms with Crippen LogP contribution in [0.5, 0.6) is 0 Å². The summed E-state index contributed by atoms with van der Waals surface area (Å²) in [6.45, 7) is 3.36. The Morgan fingerprint density at radius 2 is 2.05 bits per heavy atom. The van der Waals surface area contributed by atoms with E-state index >= 15 is 0 Å². The van der Waals surface area contributed by atoms with Crippen molar-refractivity contribution >= 4 is 29.3 Å². The summed E-state index contributed by atoms with van der Waals surface area (Å²) in [5, 5.41) is 13.6. The van der Waals surface area contributed by atoms with Crippen LogP contribution >= 0.6 is 11.6 Å². The number of anilines is 1. The van der Waals surface area contributed by atoms with E-state index in [0.717, 1.165) is 0 Å². The maximum absolute atomic E-state index is 13.5. The second-order valence-corrected chi connectivity index (χ2v) is 5.36. The van der Waals surface area contributed by atoms with Crippen LogP contribution in [0.15, 0.2) is 18.2 Å². The first-order valence-electron chi connectivity index (χ1n) is 5.96. The Kier molecular flexibility index (Phi) is 5.33. The fourth-order valence-corrected chi connectivity index (χ4v) is 1.76. The van der Waals surface area contributed by atoms with E-state index in [0.29, 0.717) is 0 Å². The van der Waals surface area contributed by atoms with Gasteiger partial charge < -0.3 is 15.7 Å². The van der Waals surface area contributed by atoms with Gasteiger partial charge in [-0.1, -0.05) is 17.7 Å². The normalized spacial score (nSPS) is 11.0. The van der Waals surface area contributed by atoms with Crippen molar-refractivity contribution < 1.29 is 19.1 Å². The zero-order chi connectivity index (χ0) is 15.3. The second kappa shape index (κ2) is 6.56. The van der Waals surface area contributed by atoms with Gasteiger partial charge in [0.15, 0.2) is 0 Å². The minimum absolute atomic E-state index is 0.0757. The molecule has 7 heteroatoms. The van der Waals surface area contributed by atoms with Gasteiger partial charge in [-0.05, 0) is 32.4 Å². The van der Waals surface area contributed by atoms with Crippen molar-refractivity contribution in [3.63, 3.8) is 0 Å². The van der Waals surface area contributed by atoms with E-state index in [9.17, 15) is 14.0 Å². The molecule has 0 aromatic heterocycles. The second-order valence-electron chi connectivity index (χ2n) is 4.95. The number of amides is 2. The third kappa shape index (κ3) is 5.05. The molecule has 0 fully saturated rings. The van der Waals surface area contributed by atoms with Crippen LogP contribution in [0.1, 0.15) is 26.7 Å². The van der Waals surface area contributed by atoms with Gasteiger partial charge in [-0.3, -0.25) is 4.79 Å². The summed E-state index contributed by atoms with van der Waals surface area (Å²) in [4.78, 5) is 22.3. The molecule has 0 bridgehead atoms. The number of rotatable bonds is 5. The van der Waals surface area contributed by atoms with E-state index in [-0.39, 0.29) is 23.6 Å². The zero-order valence-electron chi connectivity index (χ0n) is 11.2. The van der Waals surface area contributed by atoms with Gasteiger partial charge >= 0.3 is 12.0 Å². The van der Waals surface area contributed by atoms with Gasteiger partial charge in [-0.15, -0.1) is 0 Å². The number of carbonyl (C=O) groups excluding carboxylic acids is 1. The largest absolute Gasteiger partial charge is 0.481 e. The molecule has 0 spiro atoms. The summed E-state index contributed by atoms with van der Waals surface area (Å²) in [5.41, 5.74) is -0.846. The zero-order valence-corrected chi connectivity index (χ0v) is 11.9. The fourth-order valence-electron chi connectivity index (χ4n) is 1.55. The van der Waals surface area contributed by atoms with Crippen molar-refractivity contribution in [2.75, 3.05) is 5.32 Å². The summed E-state index contributed by atoms with van der Waals surface area (Å²) in [7, 11) is 0. The third-order valence-corrected chi connectivity index (χ3v) is 2.93. The Morgan fingerprint density at radius 3 is 2.60 bits per heavy atom. The van der Waals surface area contributed by atoms with Gasteiger partial charge in [0.2, 0.25) is 0 Å². The molecular weight excluding hydrogens is 287 g/mol. The van der Waals surface area contributed by atoms with Crippen LogP contribution in [0.2, 0.25) is 5.02 Å². The van der Waals surface area contributed by atoms with Crippen molar-refractivity contribution in [1.29, 1.82) is 0 Å². The molecule has 5 nitrogen and oxygen atoms in total. The highest BCUT2D eigenvalue weighted by molar-refractivity contribution is 6.33. The minimum atomic E-state index is -0.947. The molecule has 20 heavy (non-hydrogen) atoms. The van der Waals surface area contributed by atoms with Gasteiger partial charge in [0.05, 0.1) is 10.7 Å². The van der Waals surface area contributed by atoms with Crippen molar-refractivity contribution in [3.05, 3.63) is 29.0 Å². The van der Waals surface area contributed by atoms with Crippen LogP contribution < -0.4 is 10.6 Å². The number of carbonyl (C=O) groups is 2. The Morgan fingerprint density at radius 1 is 1.40 bits per heavy atom. The first-order chi connectivity index (χ1) is 9.21. The number of carboxylic acid groups (broad SMARTS) is 1. The standard InChI is InChI=1S/C13H16ClFN2O3/c1-13(2,7-6-10(18)19)17-12(20)16-11-8(14)4-3-5-9(11)15/h3-5H,6-7H2,1-2H3,(H,18,19)(H2,16,17,20). The van der Waals surface area contributed by atoms with Gasteiger partial charge in [-0.2, -0.15) is 0 Å². The quantitative estimate of drug-likeness (QED) is 0.781. The van der Waals surface area contributed by atoms with E-state index in [1.165, 1.54) is 18.2 Å². The molecule has 0 aliphatic carbocycles. The highest BCUT2D eigenvalue weighted by atomic mass is 35.5. The number of nitrogens with one attached hydrogen (secondary N) is 2. The molecule has 0 saturated carbocycles. The number of benzene rings is 1. The number of aliphatic carboxylic acids is 1. The molecule has 110 valence electrons. The average molecular weight is 303 g/mol. The Bertz CT molecular complexity index is 500. The Labute approximate surface area is 121 Å². The van der Waals surface area contributed by atoms with Gasteiger partial charge in [0.1, 0.15) is 5.82 Å². The summed E-state index contributed by atoms with van der Waals surface area (Å²) < 4.78 is 13.5. The number of para-hydroxylation sites is 1. The van der Waals surface area contributed by atoms with Crippen molar-refractivity contribution in [2.45, 2.75) is 32.2 Å². The van der Waals surface area contributed by atoms with Gasteiger partial charge in [0.25, 0.3) is 0 Å². The lowest BCUT2D eigenvalue weighted by Gasteiger charge is -2.25. The SMILES string of the molecule is CC(C)(CCC(=O)O)NC(=O)Nc1c(F)cccc1Cl. The smallest absolute Gasteiger partial charge is 0.319 e. The Hall–Kier alpha value is -1.82. The molecule has 0 unspecified atom stereocenters. The molecule has 0 saturated heterocycles. The molecular formula is C13H16ClFN2O3. The van der Waals surface area contributed by atoms with Crippen LogP contribution in [0.4, 0.5) is 14.9 Å². The molecule has 0 aliphatic heterocycles. The van der Waals surface area contributed by atoms with E-state index in [1.807, 2.05) is 0 Å². The topological polar surface area (TPSA) is 78.4 Å². The van der Waals surface area contributed by atoms with Crippen molar-refractivity contribution in [1.82, 2.24) is 5.32 Å². The van der Waals surface area contributed by atoms with Crippen LogP contribution in [-0.4, -0.2) is 22.6 Å². The lowest BCUT2D eigenvalue weighted by molar-refractivity contribution is -0.137. The van der Waals surface area contributed by atoms with E-state index < -0.39 is 23.4 Å². The fraction of sp³-hybridized carbons (Fsp3) is 0.385. The molecule has 2 amide bonds. The number of carboxylic acids is 1. The first-order valence-corrected chi connectivity index (χ1v) is 6.34. The maximum Gasteiger partial charge on any atom is 0.319 e. The number of halogens is 2. The number of urea groups is 1. The summed E-state index contributed by atoms with van der Waals surface area (Å²) in [5.74, 6) is -1.59. The number of hydrogen-bond donors (Lipinski definition) is 3. The summed E-state index contributed by atoms with van der Waals surface area (Å²) in [6, 6.07) is 3.41. The molecule has 0 aliphatic rings. The van der Waals surface area contributed by atoms with Crippen molar-refractivity contribution in [3.8, 4) is 0 Å². The molecule has 1 aromatic rings. The first kappa shape index (κ1) is 16.2. The van der Waals surface area contributed by atoms with Gasteiger partial charge in [0, 0.05) is 12.0 Å². The monoisotopic (exact) mass is 302 g/mol. The third-order valence-electron chi connectivity index (χ3n) is 2.62. The van der Waals surface area contributed by atoms with E-state index in [4.69, 9.17) is 16.7 Å². The molecule has 1 rings (SSSR count). The summed E-state index contributed by atoms with van der Waals surface area (Å²) in [6.07, 6.45) is 0.175. The Balaban J connectivity index is 2.65. The molecule has 0 atom stereocenters. The predicted octanol–water partition coefficient (Wildman–Crippen LogP) is 3.24. The van der Waals surface area contributed by atoms with E-state index in [1.54, 1.807) is 13.8 Å². The highest BCUT2D eigenvalue weighted by Crippen LogP contribution is 2.24. The predicted molar refractivity (Wildman–Crippen MR) is 74.5 cm³/mol. The highest BCUT2D eigenvalue weighted by Gasteiger charge is 2.22.